The lowest BCUT2D eigenvalue weighted by Crippen LogP contribution is -2.69. The summed E-state index contributed by atoms with van der Waals surface area (Å²) in [7, 11) is 0. The Morgan fingerprint density at radius 1 is 0.976 bits per heavy atom. The summed E-state index contributed by atoms with van der Waals surface area (Å²) in [5.41, 5.74) is -5.93. The van der Waals surface area contributed by atoms with Crippen LogP contribution in [-0.2, 0) is 19.1 Å². The second-order valence-corrected chi connectivity index (χ2v) is 15.6. The third-order valence-electron chi connectivity index (χ3n) is 12.4. The molecular formula is C33H50O8. The van der Waals surface area contributed by atoms with Crippen LogP contribution in [-0.4, -0.2) is 67.5 Å². The molecule has 230 valence electrons. The summed E-state index contributed by atoms with van der Waals surface area (Å²) in [6, 6.07) is 0. The lowest BCUT2D eigenvalue weighted by molar-refractivity contribution is -0.200. The zero-order chi connectivity index (χ0) is 31.4. The van der Waals surface area contributed by atoms with Crippen LogP contribution >= 0.6 is 0 Å². The summed E-state index contributed by atoms with van der Waals surface area (Å²) < 4.78 is 5.24. The first-order chi connectivity index (χ1) is 18.4. The molecule has 0 amide bonds. The van der Waals surface area contributed by atoms with Gasteiger partial charge in [-0.25, -0.2) is 0 Å². The van der Waals surface area contributed by atoms with E-state index in [2.05, 4.69) is 13.0 Å². The Balaban J connectivity index is 1.78. The third-order valence-corrected chi connectivity index (χ3v) is 12.4. The van der Waals surface area contributed by atoms with Crippen LogP contribution in [0.5, 0.6) is 0 Å². The van der Waals surface area contributed by atoms with Crippen molar-refractivity contribution in [3.63, 3.8) is 0 Å². The molecule has 0 heterocycles. The second-order valence-electron chi connectivity index (χ2n) is 15.6. The minimum absolute atomic E-state index is 0.0103. The number of hydrogen-bond donors (Lipinski definition) is 4. The number of esters is 1. The van der Waals surface area contributed by atoms with E-state index in [0.717, 1.165) is 5.57 Å². The van der Waals surface area contributed by atoms with E-state index in [1.54, 1.807) is 13.8 Å². The number of rotatable bonds is 5. The highest BCUT2D eigenvalue weighted by atomic mass is 16.6. The van der Waals surface area contributed by atoms with Gasteiger partial charge in [0.05, 0.1) is 18.3 Å². The second kappa shape index (κ2) is 9.31. The molecule has 8 heteroatoms. The van der Waals surface area contributed by atoms with E-state index in [9.17, 15) is 34.8 Å². The van der Waals surface area contributed by atoms with Crippen LogP contribution in [0.4, 0.5) is 0 Å². The molecule has 3 saturated carbocycles. The average Bonchev–Trinajstić information content (AvgIpc) is 3.01. The lowest BCUT2D eigenvalue weighted by atomic mass is 9.34. The van der Waals surface area contributed by atoms with Crippen LogP contribution in [0.2, 0.25) is 0 Å². The van der Waals surface area contributed by atoms with Crippen molar-refractivity contribution in [2.24, 2.45) is 38.9 Å². The summed E-state index contributed by atoms with van der Waals surface area (Å²) >= 11 is 0. The van der Waals surface area contributed by atoms with Crippen molar-refractivity contribution in [2.45, 2.75) is 124 Å². The van der Waals surface area contributed by atoms with Gasteiger partial charge >= 0.3 is 5.97 Å². The maximum Gasteiger partial charge on any atom is 0.303 e. The van der Waals surface area contributed by atoms with Gasteiger partial charge in [-0.15, -0.1) is 0 Å². The lowest BCUT2D eigenvalue weighted by Gasteiger charge is -2.68. The summed E-state index contributed by atoms with van der Waals surface area (Å²) in [6.07, 6.45) is 2.97. The molecule has 4 aliphatic rings. The van der Waals surface area contributed by atoms with Gasteiger partial charge in [0.1, 0.15) is 17.0 Å². The van der Waals surface area contributed by atoms with E-state index in [-0.39, 0.29) is 24.5 Å². The number of carbonyl (C=O) groups is 3. The Bertz CT molecular complexity index is 1210. The molecule has 4 N–H and O–H groups in total. The molecule has 0 aliphatic heterocycles. The van der Waals surface area contributed by atoms with Crippen molar-refractivity contribution in [1.82, 2.24) is 0 Å². The van der Waals surface area contributed by atoms with Crippen LogP contribution in [0.3, 0.4) is 0 Å². The average molecular weight is 575 g/mol. The minimum Gasteiger partial charge on any atom is -0.456 e. The van der Waals surface area contributed by atoms with Crippen LogP contribution in [0.1, 0.15) is 94.9 Å². The Hall–Kier alpha value is -1.87. The van der Waals surface area contributed by atoms with Gasteiger partial charge < -0.3 is 25.2 Å². The zero-order valence-electron chi connectivity index (χ0n) is 26.4. The molecule has 10 atom stereocenters. The molecule has 0 aromatic heterocycles. The fourth-order valence-corrected chi connectivity index (χ4v) is 10.2. The summed E-state index contributed by atoms with van der Waals surface area (Å²) in [6.45, 7) is 17.8. The molecule has 0 radical (unpaired) electrons. The Morgan fingerprint density at radius 3 is 2.12 bits per heavy atom. The van der Waals surface area contributed by atoms with Gasteiger partial charge in [-0.3, -0.25) is 14.4 Å². The fraction of sp³-hybridized carbons (Fsp3) is 0.788. The largest absolute Gasteiger partial charge is 0.456 e. The molecule has 4 aliphatic carbocycles. The molecule has 0 saturated heterocycles. The summed E-state index contributed by atoms with van der Waals surface area (Å²) in [5, 5.41) is 45.3. The molecule has 8 nitrogen and oxygen atoms in total. The van der Waals surface area contributed by atoms with Gasteiger partial charge in [-0.1, -0.05) is 53.2 Å². The van der Waals surface area contributed by atoms with Gasteiger partial charge in [-0.05, 0) is 68.9 Å². The number of allylic oxidation sites excluding steroid dienone is 1. The normalized spacial score (nSPS) is 45.3. The SMILES string of the molecule is CC(=O)OC(C)(C)C=CC(=O)C(C)(O)C1C(O)CC2(C)C3CC=C4C(C)(C)C(O)C(O)CC4(C)C3(C)C(=O)CC12C. The maximum absolute atomic E-state index is 14.5. The number of Topliss-reactive ketones (excluding diaryl/α,β-unsaturated/α-hetero) is 1. The Labute approximate surface area is 244 Å². The van der Waals surface area contributed by atoms with Gasteiger partial charge in [-0.2, -0.15) is 0 Å². The molecule has 0 aromatic rings. The van der Waals surface area contributed by atoms with Gasteiger partial charge in [0.2, 0.25) is 0 Å². The molecule has 3 fully saturated rings. The number of ketones is 2. The predicted molar refractivity (Wildman–Crippen MR) is 153 cm³/mol. The standard InChI is InChI=1S/C33H50O8/c1-18(34)41-27(2,3)14-13-23(37)33(10,40)25-19(35)15-29(6)22-12-11-21-28(4,5)26(39)20(36)16-30(21,7)32(22,9)24(38)17-31(25,29)8/h11,13-14,19-20,22,25-26,35-36,39-40H,12,15-17H2,1-10H3. The molecule has 0 aromatic carbocycles. The Morgan fingerprint density at radius 2 is 1.56 bits per heavy atom. The molecular weight excluding hydrogens is 524 g/mol. The number of ether oxygens (including phenoxy) is 1. The number of carbonyl (C=O) groups excluding carboxylic acids is 3. The first-order valence-electron chi connectivity index (χ1n) is 14.9. The highest BCUT2D eigenvalue weighted by Crippen LogP contribution is 2.76. The maximum atomic E-state index is 14.5. The molecule has 41 heavy (non-hydrogen) atoms. The predicted octanol–water partition coefficient (Wildman–Crippen LogP) is 3.68. The zero-order valence-corrected chi connectivity index (χ0v) is 26.4. The molecule has 0 bridgehead atoms. The van der Waals surface area contributed by atoms with Crippen molar-refractivity contribution in [1.29, 1.82) is 0 Å². The van der Waals surface area contributed by atoms with E-state index in [0.29, 0.717) is 12.8 Å². The number of fused-ring (bicyclic) bond motifs is 5. The van der Waals surface area contributed by atoms with Crippen molar-refractivity contribution in [3.05, 3.63) is 23.8 Å². The van der Waals surface area contributed by atoms with Gasteiger partial charge in [0.15, 0.2) is 5.78 Å². The number of aliphatic hydroxyl groups excluding tert-OH is 3. The summed E-state index contributed by atoms with van der Waals surface area (Å²) in [5.74, 6) is -2.28. The van der Waals surface area contributed by atoms with Crippen molar-refractivity contribution in [2.75, 3.05) is 0 Å². The molecule has 10 unspecified atom stereocenters. The fourth-order valence-electron chi connectivity index (χ4n) is 10.2. The van der Waals surface area contributed by atoms with Crippen LogP contribution < -0.4 is 0 Å². The molecule has 0 spiro atoms. The topological polar surface area (TPSA) is 141 Å². The van der Waals surface area contributed by atoms with E-state index in [4.69, 9.17) is 4.74 Å². The Kier molecular flexibility index (Phi) is 7.28. The number of aliphatic hydroxyl groups is 4. The highest BCUT2D eigenvalue weighted by molar-refractivity contribution is 5.97. The minimum atomic E-state index is -1.99. The monoisotopic (exact) mass is 574 g/mol. The summed E-state index contributed by atoms with van der Waals surface area (Å²) in [4.78, 5) is 39.5. The third kappa shape index (κ3) is 4.18. The van der Waals surface area contributed by atoms with Crippen molar-refractivity contribution in [3.8, 4) is 0 Å². The first kappa shape index (κ1) is 32.1. The van der Waals surface area contributed by atoms with Crippen molar-refractivity contribution < 1.29 is 39.5 Å². The van der Waals surface area contributed by atoms with E-state index in [1.165, 1.54) is 26.0 Å². The van der Waals surface area contributed by atoms with Crippen molar-refractivity contribution >= 4 is 17.5 Å². The van der Waals surface area contributed by atoms with E-state index < -0.39 is 74.3 Å². The smallest absolute Gasteiger partial charge is 0.303 e. The first-order valence-corrected chi connectivity index (χ1v) is 14.9. The van der Waals surface area contributed by atoms with E-state index in [1.807, 2.05) is 34.6 Å². The molecule has 4 rings (SSSR count). The van der Waals surface area contributed by atoms with Crippen LogP contribution in [0.15, 0.2) is 23.8 Å². The highest BCUT2D eigenvalue weighted by Gasteiger charge is 2.76. The van der Waals surface area contributed by atoms with Crippen LogP contribution in [0.25, 0.3) is 0 Å². The quantitative estimate of drug-likeness (QED) is 0.221. The van der Waals surface area contributed by atoms with E-state index >= 15 is 0 Å². The van der Waals surface area contributed by atoms with Crippen LogP contribution in [0, 0.1) is 38.9 Å². The van der Waals surface area contributed by atoms with Gasteiger partial charge in [0, 0.05) is 35.5 Å². The van der Waals surface area contributed by atoms with Gasteiger partial charge in [0.25, 0.3) is 0 Å². The number of hydrogen-bond acceptors (Lipinski definition) is 8.